The van der Waals surface area contributed by atoms with Crippen LogP contribution in [0.2, 0.25) is 0 Å². The topological polar surface area (TPSA) is 105 Å². The maximum Gasteiger partial charge on any atom is 0.269 e. The number of benzene rings is 2. The lowest BCUT2D eigenvalue weighted by molar-refractivity contribution is -0.123. The number of hydrazine groups is 1. The van der Waals surface area contributed by atoms with Crippen molar-refractivity contribution >= 4 is 40.5 Å². The van der Waals surface area contributed by atoms with Gasteiger partial charge in [0.25, 0.3) is 17.7 Å². The first-order chi connectivity index (χ1) is 15.4. The Morgan fingerprint density at radius 3 is 2.47 bits per heavy atom. The van der Waals surface area contributed by atoms with Crippen molar-refractivity contribution in [2.75, 3.05) is 12.0 Å². The molecule has 0 bridgehead atoms. The van der Waals surface area contributed by atoms with Crippen molar-refractivity contribution in [3.63, 3.8) is 0 Å². The fourth-order valence-electron chi connectivity index (χ4n) is 3.40. The lowest BCUT2D eigenvalue weighted by atomic mass is 10.1. The first kappa shape index (κ1) is 23.3. The Bertz CT molecular complexity index is 1110. The fraction of sp³-hybridized carbons (Fsp3) is 0.304. The summed E-state index contributed by atoms with van der Waals surface area (Å²) < 4.78 is 2.06. The SMILES string of the molecule is CCn1c(C)nc2cc(C(=O)NNC(=O)[C@@H](CCSC)NC(=O)c3ccccc3)ccc21. The number of rotatable bonds is 8. The molecule has 1 aromatic heterocycles. The number of carbonyl (C=O) groups excluding carboxylic acids is 3. The van der Waals surface area contributed by atoms with Gasteiger partial charge in [0.2, 0.25) is 0 Å². The van der Waals surface area contributed by atoms with Gasteiger partial charge in [0, 0.05) is 17.7 Å². The molecule has 0 unspecified atom stereocenters. The Morgan fingerprint density at radius 1 is 1.03 bits per heavy atom. The molecule has 3 amide bonds. The molecule has 0 saturated heterocycles. The van der Waals surface area contributed by atoms with E-state index in [1.54, 1.807) is 48.2 Å². The molecule has 1 heterocycles. The molecular weight excluding hydrogens is 426 g/mol. The van der Waals surface area contributed by atoms with Crippen molar-refractivity contribution in [1.29, 1.82) is 0 Å². The second-order valence-electron chi connectivity index (χ2n) is 7.22. The molecule has 3 N–H and O–H groups in total. The number of imidazole rings is 1. The Labute approximate surface area is 191 Å². The van der Waals surface area contributed by atoms with Gasteiger partial charge in [0.15, 0.2) is 0 Å². The number of nitrogens with zero attached hydrogens (tertiary/aromatic N) is 2. The molecule has 0 fully saturated rings. The van der Waals surface area contributed by atoms with Gasteiger partial charge in [-0.05, 0) is 62.6 Å². The number of aromatic nitrogens is 2. The van der Waals surface area contributed by atoms with E-state index in [9.17, 15) is 14.4 Å². The van der Waals surface area contributed by atoms with E-state index in [0.29, 0.717) is 23.3 Å². The van der Waals surface area contributed by atoms with Crippen LogP contribution in [0.15, 0.2) is 48.5 Å². The van der Waals surface area contributed by atoms with Gasteiger partial charge in [0.05, 0.1) is 11.0 Å². The van der Waals surface area contributed by atoms with Crippen LogP contribution in [0.1, 0.15) is 39.9 Å². The van der Waals surface area contributed by atoms with Crippen LogP contribution in [0.25, 0.3) is 11.0 Å². The van der Waals surface area contributed by atoms with Crippen LogP contribution in [-0.2, 0) is 11.3 Å². The molecule has 3 aromatic rings. The second kappa shape index (κ2) is 10.8. The molecule has 0 aliphatic heterocycles. The zero-order valence-electron chi connectivity index (χ0n) is 18.3. The highest BCUT2D eigenvalue weighted by Crippen LogP contribution is 2.17. The van der Waals surface area contributed by atoms with Crippen molar-refractivity contribution in [3.8, 4) is 0 Å². The summed E-state index contributed by atoms with van der Waals surface area (Å²) in [6.45, 7) is 4.74. The maximum atomic E-state index is 12.7. The van der Waals surface area contributed by atoms with Crippen molar-refractivity contribution < 1.29 is 14.4 Å². The molecule has 8 nitrogen and oxygen atoms in total. The minimum atomic E-state index is -0.777. The highest BCUT2D eigenvalue weighted by Gasteiger charge is 2.22. The summed E-state index contributed by atoms with van der Waals surface area (Å²) in [5, 5.41) is 2.74. The van der Waals surface area contributed by atoms with Crippen LogP contribution < -0.4 is 16.2 Å². The second-order valence-corrected chi connectivity index (χ2v) is 8.21. The Balaban J connectivity index is 1.65. The van der Waals surface area contributed by atoms with E-state index >= 15 is 0 Å². The van der Waals surface area contributed by atoms with Gasteiger partial charge in [-0.25, -0.2) is 4.98 Å². The number of fused-ring (bicyclic) bond motifs is 1. The van der Waals surface area contributed by atoms with Gasteiger partial charge < -0.3 is 9.88 Å². The van der Waals surface area contributed by atoms with Crippen LogP contribution in [0, 0.1) is 6.92 Å². The molecule has 0 spiro atoms. The molecule has 168 valence electrons. The Kier molecular flexibility index (Phi) is 7.88. The lowest BCUT2D eigenvalue weighted by Crippen LogP contribution is -2.52. The van der Waals surface area contributed by atoms with Crippen LogP contribution >= 0.6 is 11.8 Å². The molecule has 0 saturated carbocycles. The van der Waals surface area contributed by atoms with Gasteiger partial charge in [-0.15, -0.1) is 0 Å². The third-order valence-corrected chi connectivity index (χ3v) is 5.73. The van der Waals surface area contributed by atoms with Crippen molar-refractivity contribution in [1.82, 2.24) is 25.7 Å². The van der Waals surface area contributed by atoms with E-state index in [4.69, 9.17) is 0 Å². The van der Waals surface area contributed by atoms with Crippen LogP contribution in [0.4, 0.5) is 0 Å². The number of nitrogens with one attached hydrogen (secondary N) is 3. The van der Waals surface area contributed by atoms with Crippen molar-refractivity contribution in [3.05, 3.63) is 65.5 Å². The lowest BCUT2D eigenvalue weighted by Gasteiger charge is -2.18. The molecule has 32 heavy (non-hydrogen) atoms. The van der Waals surface area contributed by atoms with Crippen LogP contribution in [0.3, 0.4) is 0 Å². The van der Waals surface area contributed by atoms with Gasteiger partial charge in [-0.3, -0.25) is 25.2 Å². The van der Waals surface area contributed by atoms with Gasteiger partial charge in [-0.1, -0.05) is 18.2 Å². The molecule has 3 rings (SSSR count). The summed E-state index contributed by atoms with van der Waals surface area (Å²) in [7, 11) is 0. The third-order valence-electron chi connectivity index (χ3n) is 5.09. The smallest absolute Gasteiger partial charge is 0.269 e. The molecule has 2 aromatic carbocycles. The average molecular weight is 454 g/mol. The summed E-state index contributed by atoms with van der Waals surface area (Å²) in [6, 6.07) is 13.1. The summed E-state index contributed by atoms with van der Waals surface area (Å²) in [4.78, 5) is 42.2. The first-order valence-electron chi connectivity index (χ1n) is 10.4. The number of hydrogen-bond acceptors (Lipinski definition) is 5. The van der Waals surface area contributed by atoms with Crippen LogP contribution in [-0.4, -0.2) is 45.3 Å². The normalized spacial score (nSPS) is 11.7. The van der Waals surface area contributed by atoms with E-state index in [2.05, 4.69) is 25.7 Å². The summed E-state index contributed by atoms with van der Waals surface area (Å²) in [5.74, 6) is 0.271. The van der Waals surface area contributed by atoms with Gasteiger partial charge in [-0.2, -0.15) is 11.8 Å². The third kappa shape index (κ3) is 5.47. The summed E-state index contributed by atoms with van der Waals surface area (Å²) in [5.41, 5.74) is 7.39. The Hall–Kier alpha value is -3.33. The van der Waals surface area contributed by atoms with Gasteiger partial charge in [0.1, 0.15) is 11.9 Å². The number of aryl methyl sites for hydroxylation is 2. The molecule has 0 aliphatic carbocycles. The predicted molar refractivity (Wildman–Crippen MR) is 126 cm³/mol. The number of hydrogen-bond donors (Lipinski definition) is 3. The molecule has 0 aliphatic rings. The summed E-state index contributed by atoms with van der Waals surface area (Å²) in [6.07, 6.45) is 2.36. The molecular formula is C23H27N5O3S. The van der Waals surface area contributed by atoms with Crippen LogP contribution in [0.5, 0.6) is 0 Å². The quantitative estimate of drug-likeness (QED) is 0.455. The number of carbonyl (C=O) groups is 3. The van der Waals surface area contributed by atoms with E-state index in [0.717, 1.165) is 23.4 Å². The van der Waals surface area contributed by atoms with E-state index in [1.807, 2.05) is 32.2 Å². The Morgan fingerprint density at radius 2 is 1.78 bits per heavy atom. The summed E-state index contributed by atoms with van der Waals surface area (Å²) >= 11 is 1.57. The predicted octanol–water partition coefficient (Wildman–Crippen LogP) is 2.68. The zero-order valence-corrected chi connectivity index (χ0v) is 19.2. The average Bonchev–Trinajstić information content (AvgIpc) is 3.14. The van der Waals surface area contributed by atoms with E-state index in [1.165, 1.54) is 0 Å². The maximum absolute atomic E-state index is 12.7. The van der Waals surface area contributed by atoms with Crippen molar-refractivity contribution in [2.45, 2.75) is 32.9 Å². The highest BCUT2D eigenvalue weighted by atomic mass is 32.2. The largest absolute Gasteiger partial charge is 0.340 e. The van der Waals surface area contributed by atoms with E-state index < -0.39 is 17.9 Å². The molecule has 9 heteroatoms. The molecule has 1 atom stereocenters. The fourth-order valence-corrected chi connectivity index (χ4v) is 3.88. The monoisotopic (exact) mass is 453 g/mol. The number of thioether (sulfide) groups is 1. The van der Waals surface area contributed by atoms with E-state index in [-0.39, 0.29) is 5.91 Å². The standard InChI is InChI=1S/C23H27N5O3S/c1-4-28-15(2)24-19-14-17(10-11-20(19)28)22(30)26-27-23(31)18(12-13-32-3)25-21(29)16-8-6-5-7-9-16/h5-11,14,18H,4,12-13H2,1-3H3,(H,25,29)(H,26,30)(H,27,31)/t18-/m1/s1. The minimum Gasteiger partial charge on any atom is -0.340 e. The van der Waals surface area contributed by atoms with Crippen molar-refractivity contribution in [2.24, 2.45) is 0 Å². The highest BCUT2D eigenvalue weighted by molar-refractivity contribution is 7.98. The molecule has 0 radical (unpaired) electrons. The van der Waals surface area contributed by atoms with Gasteiger partial charge >= 0.3 is 0 Å². The number of amides is 3. The minimum absolute atomic E-state index is 0.342. The zero-order chi connectivity index (χ0) is 23.1. The first-order valence-corrected chi connectivity index (χ1v) is 11.8.